The van der Waals surface area contributed by atoms with Gasteiger partial charge in [-0.3, -0.25) is 4.79 Å². The molecule has 0 aliphatic carbocycles. The van der Waals surface area contributed by atoms with Gasteiger partial charge >= 0.3 is 0 Å². The molecule has 8 heteroatoms. The lowest BCUT2D eigenvalue weighted by Gasteiger charge is -1.98. The zero-order chi connectivity index (χ0) is 16.2. The van der Waals surface area contributed by atoms with Gasteiger partial charge in [-0.05, 0) is 18.6 Å². The van der Waals surface area contributed by atoms with E-state index in [9.17, 15) is 4.79 Å². The van der Waals surface area contributed by atoms with E-state index in [0.29, 0.717) is 22.0 Å². The molecule has 3 rings (SSSR count). The first-order chi connectivity index (χ1) is 11.1. The van der Waals surface area contributed by atoms with Crippen LogP contribution in [0.2, 0.25) is 0 Å². The number of thioether (sulfide) groups is 1. The maximum absolute atomic E-state index is 11.0. The molecule has 1 N–H and O–H groups in total. The van der Waals surface area contributed by atoms with Gasteiger partial charge < -0.3 is 9.73 Å². The second-order valence-corrected chi connectivity index (χ2v) is 6.59. The standard InChI is InChI=1S/C15H14N4O2S2/c1-9-5-3-4-6-12(9)13-18-19-15(21-13)23-8-11-7-22-14(17-11)16-10(2)20/h3-7H,8H2,1-2H3,(H,16,17,20). The molecule has 118 valence electrons. The smallest absolute Gasteiger partial charge is 0.277 e. The van der Waals surface area contributed by atoms with Gasteiger partial charge in [0.2, 0.25) is 11.8 Å². The molecule has 3 aromatic rings. The highest BCUT2D eigenvalue weighted by molar-refractivity contribution is 7.98. The normalized spacial score (nSPS) is 10.7. The summed E-state index contributed by atoms with van der Waals surface area (Å²) in [7, 11) is 0. The third-order valence-electron chi connectivity index (χ3n) is 2.96. The third kappa shape index (κ3) is 3.96. The lowest BCUT2D eigenvalue weighted by molar-refractivity contribution is -0.114. The highest BCUT2D eigenvalue weighted by Crippen LogP contribution is 2.28. The number of hydrogen-bond acceptors (Lipinski definition) is 7. The number of amides is 1. The molecule has 0 radical (unpaired) electrons. The van der Waals surface area contributed by atoms with Crippen LogP contribution >= 0.6 is 23.1 Å². The van der Waals surface area contributed by atoms with Gasteiger partial charge in [0.25, 0.3) is 5.22 Å². The molecule has 0 fully saturated rings. The van der Waals surface area contributed by atoms with Crippen LogP contribution in [0, 0.1) is 6.92 Å². The zero-order valence-electron chi connectivity index (χ0n) is 12.6. The maximum atomic E-state index is 11.0. The van der Waals surface area contributed by atoms with Crippen LogP contribution in [0.1, 0.15) is 18.2 Å². The van der Waals surface area contributed by atoms with Crippen LogP contribution in [0.15, 0.2) is 39.3 Å². The Morgan fingerprint density at radius 2 is 2.17 bits per heavy atom. The van der Waals surface area contributed by atoms with E-state index in [2.05, 4.69) is 20.5 Å². The Kier molecular flexibility index (Phi) is 4.73. The predicted molar refractivity (Wildman–Crippen MR) is 90.4 cm³/mol. The summed E-state index contributed by atoms with van der Waals surface area (Å²) in [5.74, 6) is 0.993. The van der Waals surface area contributed by atoms with Crippen LogP contribution in [-0.4, -0.2) is 21.1 Å². The van der Waals surface area contributed by atoms with E-state index in [1.165, 1.54) is 30.0 Å². The molecule has 1 amide bonds. The minimum Gasteiger partial charge on any atom is -0.411 e. The molecule has 0 spiro atoms. The highest BCUT2D eigenvalue weighted by atomic mass is 32.2. The number of nitrogens with zero attached hydrogens (tertiary/aromatic N) is 3. The van der Waals surface area contributed by atoms with E-state index in [1.54, 1.807) is 0 Å². The maximum Gasteiger partial charge on any atom is 0.277 e. The van der Waals surface area contributed by atoms with E-state index >= 15 is 0 Å². The van der Waals surface area contributed by atoms with Crippen molar-refractivity contribution >= 4 is 34.1 Å². The van der Waals surface area contributed by atoms with Crippen LogP contribution in [0.3, 0.4) is 0 Å². The summed E-state index contributed by atoms with van der Waals surface area (Å²) in [6.07, 6.45) is 0. The van der Waals surface area contributed by atoms with E-state index in [0.717, 1.165) is 16.8 Å². The second kappa shape index (κ2) is 6.93. The van der Waals surface area contributed by atoms with Crippen LogP contribution in [0.5, 0.6) is 0 Å². The topological polar surface area (TPSA) is 80.9 Å². The summed E-state index contributed by atoms with van der Waals surface area (Å²) in [5.41, 5.74) is 2.89. The van der Waals surface area contributed by atoms with Crippen molar-refractivity contribution in [2.45, 2.75) is 24.8 Å². The van der Waals surface area contributed by atoms with Crippen LogP contribution in [0.4, 0.5) is 5.13 Å². The number of benzene rings is 1. The van der Waals surface area contributed by atoms with Gasteiger partial charge in [-0.25, -0.2) is 4.98 Å². The monoisotopic (exact) mass is 346 g/mol. The molecular formula is C15H14N4O2S2. The lowest BCUT2D eigenvalue weighted by Crippen LogP contribution is -2.05. The van der Waals surface area contributed by atoms with Crippen LogP contribution < -0.4 is 5.32 Å². The van der Waals surface area contributed by atoms with Crippen molar-refractivity contribution < 1.29 is 9.21 Å². The van der Waals surface area contributed by atoms with Gasteiger partial charge in [0.1, 0.15) is 0 Å². The number of anilines is 1. The molecular weight excluding hydrogens is 332 g/mol. The molecule has 23 heavy (non-hydrogen) atoms. The molecule has 1 aromatic carbocycles. The molecule has 0 unspecified atom stereocenters. The molecule has 0 bridgehead atoms. The Morgan fingerprint density at radius 1 is 1.35 bits per heavy atom. The van der Waals surface area contributed by atoms with Crippen molar-refractivity contribution in [3.63, 3.8) is 0 Å². The number of carbonyl (C=O) groups is 1. The minimum atomic E-state index is -0.127. The van der Waals surface area contributed by atoms with Gasteiger partial charge in [0.05, 0.1) is 5.69 Å². The van der Waals surface area contributed by atoms with Gasteiger partial charge in [-0.1, -0.05) is 30.0 Å². The van der Waals surface area contributed by atoms with Crippen LogP contribution in [-0.2, 0) is 10.5 Å². The fourth-order valence-electron chi connectivity index (χ4n) is 1.91. The van der Waals surface area contributed by atoms with Crippen molar-refractivity contribution in [1.82, 2.24) is 15.2 Å². The highest BCUT2D eigenvalue weighted by Gasteiger charge is 2.12. The Bertz CT molecular complexity index is 828. The predicted octanol–water partition coefficient (Wildman–Crippen LogP) is 3.75. The Morgan fingerprint density at radius 3 is 2.96 bits per heavy atom. The lowest BCUT2D eigenvalue weighted by atomic mass is 10.1. The first kappa shape index (κ1) is 15.7. The molecule has 0 atom stereocenters. The fraction of sp³-hybridized carbons (Fsp3) is 0.200. The molecule has 0 saturated heterocycles. The summed E-state index contributed by atoms with van der Waals surface area (Å²) in [6, 6.07) is 7.88. The molecule has 0 aliphatic rings. The number of aryl methyl sites for hydroxylation is 1. The molecule has 6 nitrogen and oxygen atoms in total. The molecule has 0 saturated carbocycles. The second-order valence-electron chi connectivity index (χ2n) is 4.80. The van der Waals surface area contributed by atoms with Gasteiger partial charge in [0.15, 0.2) is 5.13 Å². The SMILES string of the molecule is CC(=O)Nc1nc(CSc2nnc(-c3ccccc3C)o2)cs1. The average molecular weight is 346 g/mol. The first-order valence-electron chi connectivity index (χ1n) is 6.86. The number of rotatable bonds is 5. The van der Waals surface area contributed by atoms with Crippen molar-refractivity contribution in [1.29, 1.82) is 0 Å². The van der Waals surface area contributed by atoms with Crippen molar-refractivity contribution in [2.24, 2.45) is 0 Å². The number of nitrogens with one attached hydrogen (secondary N) is 1. The Hall–Kier alpha value is -2.19. The number of carbonyl (C=O) groups excluding carboxylic acids is 1. The van der Waals surface area contributed by atoms with Crippen molar-refractivity contribution in [2.75, 3.05) is 5.32 Å². The number of aromatic nitrogens is 3. The van der Waals surface area contributed by atoms with E-state index < -0.39 is 0 Å². The summed E-state index contributed by atoms with van der Waals surface area (Å²) in [6.45, 7) is 3.46. The number of thiazole rings is 1. The quantitative estimate of drug-likeness (QED) is 0.709. The molecule has 2 heterocycles. The van der Waals surface area contributed by atoms with E-state index in [-0.39, 0.29) is 5.91 Å². The van der Waals surface area contributed by atoms with Crippen molar-refractivity contribution in [3.05, 3.63) is 40.9 Å². The van der Waals surface area contributed by atoms with Crippen molar-refractivity contribution in [3.8, 4) is 11.5 Å². The van der Waals surface area contributed by atoms with Gasteiger partial charge in [0, 0.05) is 23.6 Å². The molecule has 2 aromatic heterocycles. The van der Waals surface area contributed by atoms with Crippen LogP contribution in [0.25, 0.3) is 11.5 Å². The Labute approximate surface area is 141 Å². The summed E-state index contributed by atoms with van der Waals surface area (Å²) in [5, 5.41) is 13.8. The fourth-order valence-corrected chi connectivity index (χ4v) is 3.42. The van der Waals surface area contributed by atoms with E-state index in [1.807, 2.05) is 36.6 Å². The zero-order valence-corrected chi connectivity index (χ0v) is 14.2. The summed E-state index contributed by atoms with van der Waals surface area (Å²) < 4.78 is 5.69. The molecule has 0 aliphatic heterocycles. The largest absolute Gasteiger partial charge is 0.411 e. The summed E-state index contributed by atoms with van der Waals surface area (Å²) >= 11 is 2.81. The third-order valence-corrected chi connectivity index (χ3v) is 4.62. The Balaban J connectivity index is 1.64. The average Bonchev–Trinajstić information content (AvgIpc) is 3.14. The van der Waals surface area contributed by atoms with Gasteiger partial charge in [-0.2, -0.15) is 0 Å². The van der Waals surface area contributed by atoms with Gasteiger partial charge in [-0.15, -0.1) is 21.5 Å². The van der Waals surface area contributed by atoms with E-state index in [4.69, 9.17) is 4.42 Å². The number of hydrogen-bond donors (Lipinski definition) is 1. The first-order valence-corrected chi connectivity index (χ1v) is 8.72. The summed E-state index contributed by atoms with van der Waals surface area (Å²) in [4.78, 5) is 15.3. The minimum absolute atomic E-state index is 0.127.